The van der Waals surface area contributed by atoms with Crippen molar-refractivity contribution in [2.75, 3.05) is 26.2 Å². The molecule has 0 radical (unpaired) electrons. The van der Waals surface area contributed by atoms with Gasteiger partial charge in [0.1, 0.15) is 5.69 Å². The summed E-state index contributed by atoms with van der Waals surface area (Å²) in [5.41, 5.74) is 4.49. The van der Waals surface area contributed by atoms with Gasteiger partial charge in [-0.1, -0.05) is 48.5 Å². The lowest BCUT2D eigenvalue weighted by Gasteiger charge is -2.34. The minimum absolute atomic E-state index is 0.0659. The van der Waals surface area contributed by atoms with Crippen molar-refractivity contribution in [3.05, 3.63) is 101 Å². The molecule has 0 bridgehead atoms. The Hall–Kier alpha value is -3.92. The summed E-state index contributed by atoms with van der Waals surface area (Å²) >= 11 is 0. The summed E-state index contributed by atoms with van der Waals surface area (Å²) in [6, 6.07) is 24.1. The van der Waals surface area contributed by atoms with Crippen LogP contribution in [0.3, 0.4) is 0 Å². The minimum Gasteiger partial charge on any atom is -0.420 e. The molecule has 3 atom stereocenters. The fraction of sp³-hybridized carbons (Fsp3) is 0.375. The molecule has 9 heteroatoms. The monoisotopic (exact) mass is 552 g/mol. The molecule has 3 unspecified atom stereocenters. The van der Waals surface area contributed by atoms with E-state index in [-0.39, 0.29) is 11.9 Å². The van der Waals surface area contributed by atoms with Gasteiger partial charge in [0.2, 0.25) is 5.89 Å². The maximum Gasteiger partial charge on any atom is 0.266 e. The quantitative estimate of drug-likeness (QED) is 0.340. The molecule has 2 aliphatic heterocycles. The molecule has 2 aromatic carbocycles. The van der Waals surface area contributed by atoms with E-state index in [0.717, 1.165) is 49.2 Å². The summed E-state index contributed by atoms with van der Waals surface area (Å²) in [4.78, 5) is 22.1. The number of aliphatic hydroxyl groups excluding tert-OH is 1. The van der Waals surface area contributed by atoms with Crippen molar-refractivity contribution in [2.45, 2.75) is 50.9 Å². The van der Waals surface area contributed by atoms with Gasteiger partial charge in [-0.05, 0) is 54.7 Å². The van der Waals surface area contributed by atoms with Crippen LogP contribution < -0.4 is 5.32 Å². The van der Waals surface area contributed by atoms with Crippen molar-refractivity contribution >= 4 is 5.91 Å². The van der Waals surface area contributed by atoms with Gasteiger partial charge in [-0.25, -0.2) is 4.98 Å². The van der Waals surface area contributed by atoms with E-state index in [2.05, 4.69) is 37.5 Å². The molecular formula is C32H36N6O3. The van der Waals surface area contributed by atoms with Crippen LogP contribution in [0.25, 0.3) is 11.6 Å². The number of aromatic nitrogens is 3. The number of pyridine rings is 1. The predicted octanol–water partition coefficient (Wildman–Crippen LogP) is 3.79. The van der Waals surface area contributed by atoms with Crippen molar-refractivity contribution in [3.63, 3.8) is 0 Å². The van der Waals surface area contributed by atoms with Gasteiger partial charge in [0.25, 0.3) is 11.8 Å². The Balaban J connectivity index is 0.976. The first-order chi connectivity index (χ1) is 20.0. The Bertz CT molecular complexity index is 1450. The van der Waals surface area contributed by atoms with Gasteiger partial charge in [0.15, 0.2) is 0 Å². The third-order valence-corrected chi connectivity index (χ3v) is 8.08. The molecule has 2 aliphatic rings. The van der Waals surface area contributed by atoms with Crippen LogP contribution in [0.15, 0.2) is 77.2 Å². The molecule has 4 aromatic rings. The van der Waals surface area contributed by atoms with Crippen molar-refractivity contribution in [1.82, 2.24) is 30.3 Å². The lowest BCUT2D eigenvalue weighted by molar-refractivity contribution is 0.0627. The fourth-order valence-electron chi connectivity index (χ4n) is 5.82. The number of hydrogen-bond donors (Lipinski definition) is 2. The Morgan fingerprint density at radius 2 is 1.76 bits per heavy atom. The van der Waals surface area contributed by atoms with Crippen LogP contribution >= 0.6 is 0 Å². The van der Waals surface area contributed by atoms with Crippen LogP contribution in [-0.4, -0.2) is 74.3 Å². The second-order valence-electron chi connectivity index (χ2n) is 11.0. The summed E-state index contributed by atoms with van der Waals surface area (Å²) in [7, 11) is 0. The fourth-order valence-corrected chi connectivity index (χ4v) is 5.82. The molecule has 2 N–H and O–H groups in total. The maximum absolute atomic E-state index is 13.2. The highest BCUT2D eigenvalue weighted by Crippen LogP contribution is 2.27. The second-order valence-corrected chi connectivity index (χ2v) is 11.0. The zero-order valence-corrected chi connectivity index (χ0v) is 23.3. The van der Waals surface area contributed by atoms with Crippen molar-refractivity contribution in [2.24, 2.45) is 0 Å². The number of hydrogen-bond acceptors (Lipinski definition) is 8. The molecule has 0 saturated carbocycles. The van der Waals surface area contributed by atoms with E-state index < -0.39 is 6.10 Å². The summed E-state index contributed by atoms with van der Waals surface area (Å²) in [5.74, 6) is 1.02. The predicted molar refractivity (Wildman–Crippen MR) is 155 cm³/mol. The summed E-state index contributed by atoms with van der Waals surface area (Å²) in [5, 5.41) is 22.3. The smallest absolute Gasteiger partial charge is 0.266 e. The number of nitrogens with zero attached hydrogens (tertiary/aromatic N) is 5. The van der Waals surface area contributed by atoms with E-state index in [4.69, 9.17) is 4.42 Å². The number of rotatable bonds is 8. The lowest BCUT2D eigenvalue weighted by Crippen LogP contribution is -2.48. The summed E-state index contributed by atoms with van der Waals surface area (Å²) in [6.07, 6.45) is 2.36. The highest BCUT2D eigenvalue weighted by atomic mass is 16.4. The number of aryl methyl sites for hydroxylation is 1. The van der Waals surface area contributed by atoms with Crippen LogP contribution in [0.4, 0.5) is 0 Å². The molecule has 6 rings (SSSR count). The van der Waals surface area contributed by atoms with Crippen LogP contribution in [0.5, 0.6) is 0 Å². The van der Waals surface area contributed by atoms with E-state index in [1.165, 1.54) is 5.56 Å². The molecule has 2 fully saturated rings. The largest absolute Gasteiger partial charge is 0.420 e. The van der Waals surface area contributed by atoms with Gasteiger partial charge < -0.3 is 19.7 Å². The number of piperazine rings is 1. The third kappa shape index (κ3) is 6.53. The first-order valence-electron chi connectivity index (χ1n) is 14.4. The van der Waals surface area contributed by atoms with E-state index in [1.807, 2.05) is 65.6 Å². The van der Waals surface area contributed by atoms with Crippen molar-refractivity contribution < 1.29 is 14.3 Å². The SMILES string of the molecule is Cc1nnc(-c2cccc(CN3CCN(C(=O)c4ccc(CC5CCC(C(O)c6ccccc6)N5)cc4)CC3)n2)o1. The highest BCUT2D eigenvalue weighted by Gasteiger charge is 2.30. The molecule has 0 spiro atoms. The van der Waals surface area contributed by atoms with Gasteiger partial charge >= 0.3 is 0 Å². The van der Waals surface area contributed by atoms with Crippen LogP contribution in [0.1, 0.15) is 52.0 Å². The summed E-state index contributed by atoms with van der Waals surface area (Å²) in [6.45, 7) is 5.41. The van der Waals surface area contributed by atoms with E-state index in [9.17, 15) is 9.90 Å². The molecule has 9 nitrogen and oxygen atoms in total. The molecule has 2 aromatic heterocycles. The normalized spacial score (nSPS) is 20.3. The molecular weight excluding hydrogens is 516 g/mol. The molecule has 0 aliphatic carbocycles. The highest BCUT2D eigenvalue weighted by molar-refractivity contribution is 5.94. The number of amides is 1. The van der Waals surface area contributed by atoms with Gasteiger partial charge in [-0.2, -0.15) is 0 Å². The van der Waals surface area contributed by atoms with Crippen molar-refractivity contribution in [1.29, 1.82) is 0 Å². The number of nitrogens with one attached hydrogen (secondary N) is 1. The van der Waals surface area contributed by atoms with Crippen LogP contribution in [0.2, 0.25) is 0 Å². The maximum atomic E-state index is 13.2. The van der Waals surface area contributed by atoms with E-state index in [1.54, 1.807) is 6.92 Å². The first-order valence-corrected chi connectivity index (χ1v) is 14.4. The van der Waals surface area contributed by atoms with Crippen LogP contribution in [0, 0.1) is 6.92 Å². The summed E-state index contributed by atoms with van der Waals surface area (Å²) < 4.78 is 5.51. The second kappa shape index (κ2) is 12.3. The number of carbonyl (C=O) groups excluding carboxylic acids is 1. The van der Waals surface area contributed by atoms with E-state index >= 15 is 0 Å². The number of aliphatic hydroxyl groups is 1. The van der Waals surface area contributed by atoms with Crippen LogP contribution in [-0.2, 0) is 13.0 Å². The Labute approximate surface area is 240 Å². The Morgan fingerprint density at radius 1 is 0.976 bits per heavy atom. The number of carbonyl (C=O) groups is 1. The third-order valence-electron chi connectivity index (χ3n) is 8.08. The Morgan fingerprint density at radius 3 is 2.49 bits per heavy atom. The van der Waals surface area contributed by atoms with Gasteiger partial charge in [-0.15, -0.1) is 10.2 Å². The van der Waals surface area contributed by atoms with Gasteiger partial charge in [0, 0.05) is 57.3 Å². The zero-order valence-electron chi connectivity index (χ0n) is 23.3. The Kier molecular flexibility index (Phi) is 8.18. The molecule has 2 saturated heterocycles. The lowest BCUT2D eigenvalue weighted by atomic mass is 10.0. The molecule has 41 heavy (non-hydrogen) atoms. The minimum atomic E-state index is -0.496. The topological polar surface area (TPSA) is 108 Å². The van der Waals surface area contributed by atoms with Crippen molar-refractivity contribution in [3.8, 4) is 11.6 Å². The zero-order chi connectivity index (χ0) is 28.2. The average Bonchev–Trinajstić information content (AvgIpc) is 3.67. The molecule has 1 amide bonds. The number of benzene rings is 2. The molecule has 212 valence electrons. The molecule has 4 heterocycles. The first kappa shape index (κ1) is 27.3. The van der Waals surface area contributed by atoms with Gasteiger partial charge in [-0.3, -0.25) is 9.69 Å². The van der Waals surface area contributed by atoms with E-state index in [0.29, 0.717) is 43.2 Å². The van der Waals surface area contributed by atoms with Gasteiger partial charge in [0.05, 0.1) is 11.8 Å². The standard InChI is InChI=1S/C32H36N6O3/c1-22-35-36-31(41-22)29-9-5-8-27(34-29)21-37-16-18-38(19-17-37)32(40)25-12-10-23(11-13-25)20-26-14-15-28(33-26)30(39)24-6-3-2-4-7-24/h2-13,26,28,30,33,39H,14-21H2,1H3. The average molecular weight is 553 g/mol.